The topological polar surface area (TPSA) is 70.3 Å². The average molecular weight is 459 g/mol. The van der Waals surface area contributed by atoms with E-state index < -0.39 is 5.97 Å². The number of aromatic carboxylic acids is 1. The highest BCUT2D eigenvalue weighted by molar-refractivity contribution is 6.37. The molecule has 30 heavy (non-hydrogen) atoms. The molecule has 3 aromatic carbocycles. The number of benzene rings is 3. The molecule has 0 heterocycles. The number of carbonyl (C=O) groups is 1. The zero-order chi connectivity index (χ0) is 21.7. The van der Waals surface area contributed by atoms with Crippen LogP contribution in [0, 0.1) is 11.3 Å². The molecule has 0 amide bonds. The van der Waals surface area contributed by atoms with Crippen LogP contribution in [0.25, 0.3) is 11.6 Å². The Morgan fingerprint density at radius 1 is 1.00 bits per heavy atom. The molecule has 0 spiro atoms. The van der Waals surface area contributed by atoms with Crippen molar-refractivity contribution in [3.8, 4) is 11.8 Å². The predicted molar refractivity (Wildman–Crippen MR) is 119 cm³/mol. The molecule has 0 atom stereocenters. The van der Waals surface area contributed by atoms with Crippen LogP contribution in [0.5, 0.6) is 5.75 Å². The molecule has 0 radical (unpaired) electrons. The maximum absolute atomic E-state index is 10.9. The van der Waals surface area contributed by atoms with Gasteiger partial charge in [0.2, 0.25) is 0 Å². The van der Waals surface area contributed by atoms with E-state index in [9.17, 15) is 10.1 Å². The number of ether oxygens (including phenoxy) is 1. The molecule has 4 nitrogen and oxygen atoms in total. The molecule has 3 rings (SSSR count). The van der Waals surface area contributed by atoms with E-state index in [-0.39, 0.29) is 22.2 Å². The van der Waals surface area contributed by atoms with Crippen molar-refractivity contribution in [1.82, 2.24) is 0 Å². The van der Waals surface area contributed by atoms with E-state index in [0.717, 1.165) is 5.56 Å². The molecule has 0 saturated carbocycles. The number of carboxylic acids is 1. The smallest absolute Gasteiger partial charge is 0.335 e. The summed E-state index contributed by atoms with van der Waals surface area (Å²) in [5, 5.41) is 19.5. The van der Waals surface area contributed by atoms with Crippen molar-refractivity contribution in [1.29, 1.82) is 5.26 Å². The Labute approximate surface area is 188 Å². The zero-order valence-electron chi connectivity index (χ0n) is 15.4. The largest absolute Gasteiger partial charge is 0.486 e. The molecule has 150 valence electrons. The summed E-state index contributed by atoms with van der Waals surface area (Å²) in [5.41, 5.74) is 2.57. The zero-order valence-corrected chi connectivity index (χ0v) is 17.7. The van der Waals surface area contributed by atoms with Gasteiger partial charge in [-0.15, -0.1) is 0 Å². The first-order valence-electron chi connectivity index (χ1n) is 8.70. The summed E-state index contributed by atoms with van der Waals surface area (Å²) in [6.07, 6.45) is 1.65. The van der Waals surface area contributed by atoms with Crippen LogP contribution in [0.4, 0.5) is 0 Å². The molecule has 0 fully saturated rings. The molecule has 3 aromatic rings. The van der Waals surface area contributed by atoms with Crippen molar-refractivity contribution in [3.63, 3.8) is 0 Å². The van der Waals surface area contributed by atoms with Gasteiger partial charge in [0.1, 0.15) is 6.61 Å². The van der Waals surface area contributed by atoms with Gasteiger partial charge in [0, 0.05) is 10.6 Å². The standard InChI is InChI=1S/C23H14Cl3NO3/c24-19-4-2-1-3-18(19)17(12-27)9-15-10-20(25)22(21(26)11-15)30-13-14-5-7-16(8-6-14)23(28)29/h1-11H,13H2,(H,28,29). The van der Waals surface area contributed by atoms with Crippen LogP contribution >= 0.6 is 34.8 Å². The van der Waals surface area contributed by atoms with Gasteiger partial charge in [-0.2, -0.15) is 5.26 Å². The van der Waals surface area contributed by atoms with Gasteiger partial charge in [0.05, 0.1) is 27.3 Å². The van der Waals surface area contributed by atoms with Crippen LogP contribution in [0.2, 0.25) is 15.1 Å². The number of rotatable bonds is 6. The maximum atomic E-state index is 10.9. The van der Waals surface area contributed by atoms with Crippen LogP contribution in [-0.4, -0.2) is 11.1 Å². The molecule has 0 saturated heterocycles. The second-order valence-electron chi connectivity index (χ2n) is 6.25. The molecule has 1 N–H and O–H groups in total. The molecule has 0 bridgehead atoms. The summed E-state index contributed by atoms with van der Waals surface area (Å²) < 4.78 is 5.73. The normalized spacial score (nSPS) is 11.1. The monoisotopic (exact) mass is 457 g/mol. The van der Waals surface area contributed by atoms with Gasteiger partial charge in [-0.25, -0.2) is 4.79 Å². The van der Waals surface area contributed by atoms with Crippen LogP contribution in [0.1, 0.15) is 27.0 Å². The second-order valence-corrected chi connectivity index (χ2v) is 7.48. The fraction of sp³-hybridized carbons (Fsp3) is 0.0435. The number of carboxylic acid groups (broad SMARTS) is 1. The Morgan fingerprint density at radius 3 is 2.20 bits per heavy atom. The minimum atomic E-state index is -0.995. The first kappa shape index (κ1) is 21.7. The third-order valence-electron chi connectivity index (χ3n) is 4.20. The lowest BCUT2D eigenvalue weighted by Gasteiger charge is -2.11. The van der Waals surface area contributed by atoms with Crippen molar-refractivity contribution in [3.05, 3.63) is 98.0 Å². The first-order chi connectivity index (χ1) is 14.4. The van der Waals surface area contributed by atoms with Crippen molar-refractivity contribution < 1.29 is 14.6 Å². The molecular weight excluding hydrogens is 445 g/mol. The number of nitrogens with zero attached hydrogens (tertiary/aromatic N) is 1. The predicted octanol–water partition coefficient (Wildman–Crippen LogP) is 6.99. The summed E-state index contributed by atoms with van der Waals surface area (Å²) in [6.45, 7) is 0.164. The lowest BCUT2D eigenvalue weighted by molar-refractivity contribution is 0.0697. The summed E-state index contributed by atoms with van der Waals surface area (Å²) in [5.74, 6) is -0.695. The van der Waals surface area contributed by atoms with Gasteiger partial charge in [0.15, 0.2) is 5.75 Å². The van der Waals surface area contributed by atoms with Gasteiger partial charge in [-0.05, 0) is 47.5 Å². The lowest BCUT2D eigenvalue weighted by atomic mass is 10.0. The highest BCUT2D eigenvalue weighted by atomic mass is 35.5. The molecule has 0 aliphatic rings. The van der Waals surface area contributed by atoms with Crippen LogP contribution < -0.4 is 4.74 Å². The van der Waals surface area contributed by atoms with Crippen molar-refractivity contribution >= 4 is 52.4 Å². The second kappa shape index (κ2) is 9.69. The quantitative estimate of drug-likeness (QED) is 0.319. The van der Waals surface area contributed by atoms with E-state index >= 15 is 0 Å². The third kappa shape index (κ3) is 5.14. The van der Waals surface area contributed by atoms with Crippen molar-refractivity contribution in [2.45, 2.75) is 6.61 Å². The summed E-state index contributed by atoms with van der Waals surface area (Å²) >= 11 is 18.9. The third-order valence-corrected chi connectivity index (χ3v) is 5.09. The molecule has 0 aromatic heterocycles. The highest BCUT2D eigenvalue weighted by Gasteiger charge is 2.12. The number of nitriles is 1. The molecule has 7 heteroatoms. The van der Waals surface area contributed by atoms with Crippen LogP contribution in [0.3, 0.4) is 0 Å². The van der Waals surface area contributed by atoms with E-state index in [0.29, 0.717) is 27.5 Å². The molecule has 0 aliphatic carbocycles. The minimum absolute atomic E-state index is 0.164. The van der Waals surface area contributed by atoms with E-state index in [4.69, 9.17) is 44.6 Å². The van der Waals surface area contributed by atoms with E-state index in [1.165, 1.54) is 12.1 Å². The fourth-order valence-electron chi connectivity index (χ4n) is 2.72. The van der Waals surface area contributed by atoms with Gasteiger partial charge in [-0.1, -0.05) is 65.1 Å². The van der Waals surface area contributed by atoms with Gasteiger partial charge in [-0.3, -0.25) is 0 Å². The van der Waals surface area contributed by atoms with Gasteiger partial charge >= 0.3 is 5.97 Å². The summed E-state index contributed by atoms with van der Waals surface area (Å²) in [6, 6.07) is 18.8. The van der Waals surface area contributed by atoms with E-state index in [2.05, 4.69) is 6.07 Å². The van der Waals surface area contributed by atoms with E-state index in [1.807, 2.05) is 0 Å². The van der Waals surface area contributed by atoms with Gasteiger partial charge in [0.25, 0.3) is 0 Å². The highest BCUT2D eigenvalue weighted by Crippen LogP contribution is 2.36. The number of allylic oxidation sites excluding steroid dienone is 1. The number of hydrogen-bond acceptors (Lipinski definition) is 3. The maximum Gasteiger partial charge on any atom is 0.335 e. The molecule has 0 aliphatic heterocycles. The Bertz CT molecular complexity index is 1140. The van der Waals surface area contributed by atoms with E-state index in [1.54, 1.807) is 54.6 Å². The fourth-order valence-corrected chi connectivity index (χ4v) is 3.57. The van der Waals surface area contributed by atoms with Crippen molar-refractivity contribution in [2.24, 2.45) is 0 Å². The number of halogens is 3. The summed E-state index contributed by atoms with van der Waals surface area (Å²) in [7, 11) is 0. The minimum Gasteiger partial charge on any atom is -0.486 e. The SMILES string of the molecule is N#CC(=Cc1cc(Cl)c(OCc2ccc(C(=O)O)cc2)c(Cl)c1)c1ccccc1Cl. The first-order valence-corrected chi connectivity index (χ1v) is 9.83. The lowest BCUT2D eigenvalue weighted by Crippen LogP contribution is -1.99. The summed E-state index contributed by atoms with van der Waals surface area (Å²) in [4.78, 5) is 10.9. The number of hydrogen-bond donors (Lipinski definition) is 1. The van der Waals surface area contributed by atoms with Crippen LogP contribution in [-0.2, 0) is 6.61 Å². The van der Waals surface area contributed by atoms with Gasteiger partial charge < -0.3 is 9.84 Å². The Morgan fingerprint density at radius 2 is 1.63 bits per heavy atom. The molecule has 0 unspecified atom stereocenters. The average Bonchev–Trinajstić information content (AvgIpc) is 2.72. The van der Waals surface area contributed by atoms with Crippen molar-refractivity contribution in [2.75, 3.05) is 0 Å². The Balaban J connectivity index is 1.82. The Hall–Kier alpha value is -2.97. The Kier molecular flexibility index (Phi) is 7.02. The molecular formula is C23H14Cl3NO3. The van der Waals surface area contributed by atoms with Crippen LogP contribution in [0.15, 0.2) is 60.7 Å².